The Morgan fingerprint density at radius 1 is 0.667 bits per heavy atom. The first-order valence-corrected chi connectivity index (χ1v) is 9.97. The molecule has 0 N–H and O–H groups in total. The number of piperidine rings is 2. The van der Waals surface area contributed by atoms with E-state index < -0.39 is 0 Å². The zero-order valence-electron chi connectivity index (χ0n) is 16.2. The van der Waals surface area contributed by atoms with Gasteiger partial charge in [0.2, 0.25) is 0 Å². The quantitative estimate of drug-likeness (QED) is 0.712. The number of hydrogen-bond acceptors (Lipinski definition) is 2. The van der Waals surface area contributed by atoms with Crippen LogP contribution in [0.4, 0.5) is 0 Å². The highest BCUT2D eigenvalue weighted by molar-refractivity contribution is 5.37. The van der Waals surface area contributed by atoms with Crippen molar-refractivity contribution in [2.24, 2.45) is 0 Å². The maximum Gasteiger partial charge on any atom is 0.0217 e. The van der Waals surface area contributed by atoms with Crippen molar-refractivity contribution in [3.05, 3.63) is 97.1 Å². The van der Waals surface area contributed by atoms with E-state index in [2.05, 4.69) is 95.8 Å². The van der Waals surface area contributed by atoms with Crippen molar-refractivity contribution in [1.82, 2.24) is 9.80 Å². The van der Waals surface area contributed by atoms with Crippen molar-refractivity contribution in [2.45, 2.75) is 17.3 Å². The third-order valence-electron chi connectivity index (χ3n) is 6.33. The highest BCUT2D eigenvalue weighted by Crippen LogP contribution is 2.48. The molecule has 2 heterocycles. The van der Waals surface area contributed by atoms with Crippen molar-refractivity contribution < 1.29 is 0 Å². The van der Waals surface area contributed by atoms with E-state index in [0.29, 0.717) is 0 Å². The Labute approximate surface area is 163 Å². The molecule has 0 amide bonds. The lowest BCUT2D eigenvalue weighted by Crippen LogP contribution is -2.67. The van der Waals surface area contributed by atoms with E-state index in [1.807, 2.05) is 0 Å². The Hall–Kier alpha value is -2.16. The summed E-state index contributed by atoms with van der Waals surface area (Å²) in [7, 11) is 0. The van der Waals surface area contributed by atoms with Gasteiger partial charge in [0, 0.05) is 50.1 Å². The summed E-state index contributed by atoms with van der Waals surface area (Å²) >= 11 is 0. The molecule has 27 heavy (non-hydrogen) atoms. The van der Waals surface area contributed by atoms with Crippen LogP contribution in [0.1, 0.15) is 17.5 Å². The third kappa shape index (κ3) is 3.40. The Morgan fingerprint density at radius 3 is 1.37 bits per heavy atom. The van der Waals surface area contributed by atoms with Gasteiger partial charge in [0.05, 0.1) is 0 Å². The first-order chi connectivity index (χ1) is 13.2. The average Bonchev–Trinajstić information content (AvgIpc) is 2.69. The topological polar surface area (TPSA) is 6.48 Å². The molecule has 2 nitrogen and oxygen atoms in total. The summed E-state index contributed by atoms with van der Waals surface area (Å²) in [5, 5.41) is 0. The van der Waals surface area contributed by atoms with E-state index in [0.717, 1.165) is 39.3 Å². The van der Waals surface area contributed by atoms with Gasteiger partial charge in [-0.2, -0.15) is 0 Å². The predicted molar refractivity (Wildman–Crippen MR) is 114 cm³/mol. The van der Waals surface area contributed by atoms with Crippen LogP contribution in [0.5, 0.6) is 0 Å². The largest absolute Gasteiger partial charge is 0.298 e. The monoisotopic (exact) mass is 358 g/mol. The Kier molecular flexibility index (Phi) is 5.03. The van der Waals surface area contributed by atoms with Crippen LogP contribution in [0.3, 0.4) is 0 Å². The average molecular weight is 359 g/mol. The molecule has 2 saturated heterocycles. The summed E-state index contributed by atoms with van der Waals surface area (Å²) in [6.45, 7) is 14.3. The Bertz CT molecular complexity index is 701. The van der Waals surface area contributed by atoms with Crippen molar-refractivity contribution in [2.75, 3.05) is 39.3 Å². The van der Waals surface area contributed by atoms with E-state index in [4.69, 9.17) is 0 Å². The second kappa shape index (κ2) is 7.46. The fourth-order valence-corrected chi connectivity index (χ4v) is 5.57. The van der Waals surface area contributed by atoms with Crippen LogP contribution in [0.25, 0.3) is 0 Å². The molecular formula is C25H30N2. The Morgan fingerprint density at radius 2 is 1.04 bits per heavy atom. The molecule has 2 fully saturated rings. The first-order valence-electron chi connectivity index (χ1n) is 9.97. The molecule has 2 aliphatic rings. The number of rotatable bonds is 6. The van der Waals surface area contributed by atoms with Crippen LogP contribution in [-0.4, -0.2) is 49.1 Å². The molecule has 2 bridgehead atoms. The molecule has 140 valence electrons. The van der Waals surface area contributed by atoms with Gasteiger partial charge in [-0.15, -0.1) is 13.2 Å². The maximum atomic E-state index is 4.02. The van der Waals surface area contributed by atoms with Crippen LogP contribution in [0.2, 0.25) is 0 Å². The molecule has 2 heteroatoms. The Balaban J connectivity index is 1.83. The van der Waals surface area contributed by atoms with Gasteiger partial charge in [0.25, 0.3) is 0 Å². The number of fused-ring (bicyclic) bond motifs is 2. The van der Waals surface area contributed by atoms with Crippen LogP contribution >= 0.6 is 0 Å². The lowest BCUT2D eigenvalue weighted by Gasteiger charge is -2.59. The second-order valence-corrected chi connectivity index (χ2v) is 8.39. The lowest BCUT2D eigenvalue weighted by atomic mass is 9.59. The number of likely N-dealkylation sites (tertiary alicyclic amines) is 2. The number of benzene rings is 2. The minimum atomic E-state index is 0.139. The van der Waals surface area contributed by atoms with Gasteiger partial charge in [0.15, 0.2) is 0 Å². The standard InChI is InChI=1S/C25H30N2/c1-3-15-26-18-24(22-11-7-5-8-12-22)17-25(19-26,21-27(20-24)16-4-2)23-13-9-6-10-14-23/h3-14H,1-2,15-21H2. The molecular weight excluding hydrogens is 328 g/mol. The summed E-state index contributed by atoms with van der Waals surface area (Å²) in [6, 6.07) is 22.3. The number of hydrogen-bond donors (Lipinski definition) is 0. The van der Waals surface area contributed by atoms with Gasteiger partial charge in [-0.1, -0.05) is 72.8 Å². The van der Waals surface area contributed by atoms with Crippen LogP contribution < -0.4 is 0 Å². The van der Waals surface area contributed by atoms with Gasteiger partial charge in [-0.05, 0) is 17.5 Å². The molecule has 0 aliphatic carbocycles. The molecule has 0 radical (unpaired) electrons. The molecule has 2 aliphatic heterocycles. The normalized spacial score (nSPS) is 28.6. The van der Waals surface area contributed by atoms with Gasteiger partial charge >= 0.3 is 0 Å². The molecule has 0 unspecified atom stereocenters. The zero-order valence-corrected chi connectivity index (χ0v) is 16.2. The maximum absolute atomic E-state index is 4.02. The van der Waals surface area contributed by atoms with Crippen molar-refractivity contribution in [1.29, 1.82) is 0 Å². The molecule has 0 atom stereocenters. The fraction of sp³-hybridized carbons (Fsp3) is 0.360. The van der Waals surface area contributed by atoms with E-state index >= 15 is 0 Å². The smallest absolute Gasteiger partial charge is 0.0217 e. The van der Waals surface area contributed by atoms with Gasteiger partial charge in [-0.3, -0.25) is 9.80 Å². The van der Waals surface area contributed by atoms with Crippen LogP contribution in [0, 0.1) is 0 Å². The van der Waals surface area contributed by atoms with Crippen LogP contribution in [0.15, 0.2) is 86.0 Å². The van der Waals surface area contributed by atoms with Crippen molar-refractivity contribution >= 4 is 0 Å². The number of nitrogens with zero attached hydrogens (tertiary/aromatic N) is 2. The van der Waals surface area contributed by atoms with Crippen LogP contribution in [-0.2, 0) is 10.8 Å². The molecule has 2 aromatic carbocycles. The molecule has 0 saturated carbocycles. The van der Waals surface area contributed by atoms with E-state index in [1.54, 1.807) is 0 Å². The summed E-state index contributed by atoms with van der Waals surface area (Å²) < 4.78 is 0. The van der Waals surface area contributed by atoms with Crippen molar-refractivity contribution in [3.63, 3.8) is 0 Å². The minimum absolute atomic E-state index is 0.139. The highest BCUT2D eigenvalue weighted by atomic mass is 15.2. The first kappa shape index (κ1) is 18.2. The van der Waals surface area contributed by atoms with Gasteiger partial charge in [-0.25, -0.2) is 0 Å². The summed E-state index contributed by atoms with van der Waals surface area (Å²) in [5.74, 6) is 0. The summed E-state index contributed by atoms with van der Waals surface area (Å²) in [5.41, 5.74) is 3.21. The van der Waals surface area contributed by atoms with Crippen molar-refractivity contribution in [3.8, 4) is 0 Å². The molecule has 0 spiro atoms. The van der Waals surface area contributed by atoms with E-state index in [1.165, 1.54) is 17.5 Å². The highest BCUT2D eigenvalue weighted by Gasteiger charge is 2.53. The third-order valence-corrected chi connectivity index (χ3v) is 6.33. The molecule has 0 aromatic heterocycles. The van der Waals surface area contributed by atoms with E-state index in [9.17, 15) is 0 Å². The predicted octanol–water partition coefficient (Wildman–Crippen LogP) is 4.26. The molecule has 4 rings (SSSR count). The zero-order chi connectivity index (χ0) is 18.7. The fourth-order valence-electron chi connectivity index (χ4n) is 5.57. The second-order valence-electron chi connectivity index (χ2n) is 8.39. The van der Waals surface area contributed by atoms with Gasteiger partial charge < -0.3 is 0 Å². The SMILES string of the molecule is C=CCN1CC2(c3ccccc3)CN(CC=C)CC(c3ccccc3)(C1)C2. The lowest BCUT2D eigenvalue weighted by molar-refractivity contribution is -0.00437. The molecule has 2 aromatic rings. The van der Waals surface area contributed by atoms with Gasteiger partial charge in [0.1, 0.15) is 0 Å². The summed E-state index contributed by atoms with van der Waals surface area (Å²) in [6.07, 6.45) is 5.31. The van der Waals surface area contributed by atoms with E-state index in [-0.39, 0.29) is 10.8 Å². The summed E-state index contributed by atoms with van der Waals surface area (Å²) in [4.78, 5) is 5.23. The minimum Gasteiger partial charge on any atom is -0.298 e.